The number of aromatic nitrogens is 3. The van der Waals surface area contributed by atoms with Crippen molar-refractivity contribution in [2.45, 2.75) is 33.4 Å². The van der Waals surface area contributed by atoms with Gasteiger partial charge in [-0.05, 0) is 32.4 Å². The zero-order chi connectivity index (χ0) is 17.3. The van der Waals surface area contributed by atoms with Crippen LogP contribution in [0.1, 0.15) is 41.4 Å². The van der Waals surface area contributed by atoms with Crippen LogP contribution >= 0.6 is 0 Å². The Morgan fingerprint density at radius 3 is 2.67 bits per heavy atom. The molecule has 0 radical (unpaired) electrons. The van der Waals surface area contributed by atoms with Gasteiger partial charge < -0.3 is 5.32 Å². The number of pyridine rings is 1. The minimum absolute atomic E-state index is 0.107. The Morgan fingerprint density at radius 1 is 1.29 bits per heavy atom. The fraction of sp³-hybridized carbons (Fsp3) is 0.316. The topological polar surface area (TPSA) is 50.8 Å². The molecule has 0 aliphatic carbocycles. The lowest BCUT2D eigenvalue weighted by Crippen LogP contribution is -2.39. The van der Waals surface area contributed by atoms with Gasteiger partial charge in [0.1, 0.15) is 0 Å². The number of nitrogens with one attached hydrogen (secondary N) is 1. The van der Waals surface area contributed by atoms with Crippen LogP contribution in [-0.2, 0) is 13.6 Å². The smallest absolute Gasteiger partial charge is 0.253 e. The maximum absolute atomic E-state index is 12.4. The molecule has 124 valence electrons. The van der Waals surface area contributed by atoms with Gasteiger partial charge in [0.25, 0.3) is 5.91 Å². The Labute approximate surface area is 141 Å². The number of rotatable bonds is 4. The Hall–Kier alpha value is -2.69. The van der Waals surface area contributed by atoms with Crippen LogP contribution < -0.4 is 10.00 Å². The van der Waals surface area contributed by atoms with E-state index in [0.717, 1.165) is 16.6 Å². The fourth-order valence-corrected chi connectivity index (χ4v) is 2.90. The van der Waals surface area contributed by atoms with Gasteiger partial charge in [0.05, 0.1) is 17.0 Å². The minimum atomic E-state index is -0.107. The third-order valence-corrected chi connectivity index (χ3v) is 4.10. The molecule has 0 saturated heterocycles. The van der Waals surface area contributed by atoms with Crippen LogP contribution in [0.5, 0.6) is 0 Å². The summed E-state index contributed by atoms with van der Waals surface area (Å²) < 4.78 is 4.11. The average Bonchev–Trinajstić information content (AvgIpc) is 2.89. The Bertz CT molecular complexity index is 878. The molecule has 0 fully saturated rings. The summed E-state index contributed by atoms with van der Waals surface area (Å²) in [4.78, 5) is 16.9. The second-order valence-electron chi connectivity index (χ2n) is 6.45. The molecule has 0 aliphatic rings. The van der Waals surface area contributed by atoms with E-state index in [0.29, 0.717) is 18.2 Å². The number of carbonyl (C=O) groups excluding carboxylic acids is 1. The average molecular weight is 323 g/mol. The summed E-state index contributed by atoms with van der Waals surface area (Å²) in [5.74, 6) is -0.107. The van der Waals surface area contributed by atoms with Gasteiger partial charge >= 0.3 is 0 Å². The van der Waals surface area contributed by atoms with E-state index < -0.39 is 0 Å². The molecule has 0 unspecified atom stereocenters. The third kappa shape index (κ3) is 3.15. The number of fused-ring (bicyclic) bond motifs is 1. The molecule has 0 atom stereocenters. The van der Waals surface area contributed by atoms with Crippen LogP contribution in [0.2, 0.25) is 0 Å². The summed E-state index contributed by atoms with van der Waals surface area (Å²) in [6.07, 6.45) is 3.64. The van der Waals surface area contributed by atoms with E-state index in [4.69, 9.17) is 0 Å². The molecular weight excluding hydrogens is 300 g/mol. The number of hydrogen-bond donors (Lipinski definition) is 1. The van der Waals surface area contributed by atoms with E-state index in [9.17, 15) is 4.79 Å². The highest BCUT2D eigenvalue weighted by molar-refractivity contribution is 5.96. The van der Waals surface area contributed by atoms with E-state index in [-0.39, 0.29) is 5.91 Å². The standard InChI is InChI=1S/C19H22N4O/c1-13(2)23-18-17(12-22(23)4)9-16(11-20-18)19(24)21-10-15-7-5-14(3)6-8-15/h5-9,11-13H,10H2,1-4H3/p+1. The van der Waals surface area contributed by atoms with E-state index in [1.165, 1.54) is 5.56 Å². The van der Waals surface area contributed by atoms with Crippen LogP contribution in [0.4, 0.5) is 0 Å². The van der Waals surface area contributed by atoms with E-state index >= 15 is 0 Å². The molecule has 0 bridgehead atoms. The van der Waals surface area contributed by atoms with Gasteiger partial charge in [-0.3, -0.25) is 4.79 Å². The Kier molecular flexibility index (Phi) is 4.34. The second kappa shape index (κ2) is 6.43. The zero-order valence-electron chi connectivity index (χ0n) is 14.6. The Balaban J connectivity index is 1.79. The molecule has 24 heavy (non-hydrogen) atoms. The lowest BCUT2D eigenvalue weighted by atomic mass is 10.1. The van der Waals surface area contributed by atoms with Crippen LogP contribution in [0.25, 0.3) is 11.0 Å². The number of amides is 1. The molecule has 1 N–H and O–H groups in total. The highest BCUT2D eigenvalue weighted by Gasteiger charge is 2.18. The normalized spacial score (nSPS) is 11.2. The van der Waals surface area contributed by atoms with Crippen molar-refractivity contribution < 1.29 is 9.48 Å². The molecule has 5 nitrogen and oxygen atoms in total. The molecular formula is C19H23N4O+. The van der Waals surface area contributed by atoms with E-state index in [2.05, 4.69) is 28.8 Å². The van der Waals surface area contributed by atoms with Crippen molar-refractivity contribution >= 4 is 16.9 Å². The van der Waals surface area contributed by atoms with Gasteiger partial charge in [0, 0.05) is 12.7 Å². The van der Waals surface area contributed by atoms with Gasteiger partial charge in [-0.25, -0.2) is 4.98 Å². The van der Waals surface area contributed by atoms with Crippen molar-refractivity contribution in [1.82, 2.24) is 15.0 Å². The van der Waals surface area contributed by atoms with Crippen LogP contribution in [0.3, 0.4) is 0 Å². The van der Waals surface area contributed by atoms with Gasteiger partial charge in [0.2, 0.25) is 11.8 Å². The van der Waals surface area contributed by atoms with Crippen molar-refractivity contribution in [2.75, 3.05) is 0 Å². The minimum Gasteiger partial charge on any atom is -0.348 e. The number of carbonyl (C=O) groups is 1. The monoisotopic (exact) mass is 323 g/mol. The number of hydrogen-bond acceptors (Lipinski definition) is 2. The molecule has 5 heteroatoms. The number of benzene rings is 1. The maximum atomic E-state index is 12.4. The molecule has 0 aliphatic heterocycles. The van der Waals surface area contributed by atoms with Gasteiger partial charge in [-0.2, -0.15) is 0 Å². The van der Waals surface area contributed by atoms with E-state index in [1.807, 2.05) is 55.2 Å². The van der Waals surface area contributed by atoms with Crippen LogP contribution in [-0.4, -0.2) is 15.6 Å². The number of nitrogens with zero attached hydrogens (tertiary/aromatic N) is 3. The summed E-state index contributed by atoms with van der Waals surface area (Å²) in [7, 11) is 1.98. The summed E-state index contributed by atoms with van der Waals surface area (Å²) in [5, 5.41) is 3.92. The first-order valence-electron chi connectivity index (χ1n) is 8.16. The zero-order valence-corrected chi connectivity index (χ0v) is 14.6. The highest BCUT2D eigenvalue weighted by atomic mass is 16.1. The third-order valence-electron chi connectivity index (χ3n) is 4.10. The SMILES string of the molecule is Cc1ccc(CNC(=O)c2cnc3c(c2)c[n+](C)n3C(C)C)cc1. The Morgan fingerprint density at radius 2 is 2.00 bits per heavy atom. The van der Waals surface area contributed by atoms with Crippen LogP contribution in [0, 0.1) is 6.92 Å². The molecule has 3 aromatic rings. The predicted octanol–water partition coefficient (Wildman–Crippen LogP) is 2.68. The summed E-state index contributed by atoms with van der Waals surface area (Å²) >= 11 is 0. The highest BCUT2D eigenvalue weighted by Crippen LogP contribution is 2.15. The van der Waals surface area contributed by atoms with Crippen molar-refractivity contribution in [1.29, 1.82) is 0 Å². The second-order valence-corrected chi connectivity index (χ2v) is 6.45. The van der Waals surface area contributed by atoms with Crippen LogP contribution in [0.15, 0.2) is 42.7 Å². The lowest BCUT2D eigenvalue weighted by Gasteiger charge is -2.06. The van der Waals surface area contributed by atoms with Gasteiger partial charge in [-0.1, -0.05) is 29.8 Å². The first-order valence-corrected chi connectivity index (χ1v) is 8.16. The molecule has 3 rings (SSSR count). The molecule has 2 heterocycles. The molecule has 0 saturated carbocycles. The predicted molar refractivity (Wildman–Crippen MR) is 93.6 cm³/mol. The maximum Gasteiger partial charge on any atom is 0.253 e. The quantitative estimate of drug-likeness (QED) is 0.751. The summed E-state index contributed by atoms with van der Waals surface area (Å²) in [6, 6.07) is 10.3. The van der Waals surface area contributed by atoms with Crippen molar-refractivity contribution in [3.05, 3.63) is 59.4 Å². The molecule has 1 amide bonds. The van der Waals surface area contributed by atoms with Crippen molar-refractivity contribution in [3.63, 3.8) is 0 Å². The summed E-state index contributed by atoms with van der Waals surface area (Å²) in [5.41, 5.74) is 3.77. The number of aryl methyl sites for hydroxylation is 2. The van der Waals surface area contributed by atoms with Crippen molar-refractivity contribution in [3.8, 4) is 0 Å². The first kappa shape index (κ1) is 16.2. The molecule has 0 spiro atoms. The van der Waals surface area contributed by atoms with Crippen molar-refractivity contribution in [2.24, 2.45) is 7.05 Å². The lowest BCUT2D eigenvalue weighted by molar-refractivity contribution is -0.753. The van der Waals surface area contributed by atoms with Gasteiger partial charge in [-0.15, -0.1) is 9.36 Å². The molecule has 1 aromatic carbocycles. The molecule has 2 aromatic heterocycles. The van der Waals surface area contributed by atoms with Gasteiger partial charge in [0.15, 0.2) is 7.05 Å². The fourth-order valence-electron chi connectivity index (χ4n) is 2.90. The first-order chi connectivity index (χ1) is 11.5. The van der Waals surface area contributed by atoms with E-state index in [1.54, 1.807) is 6.20 Å². The summed E-state index contributed by atoms with van der Waals surface area (Å²) in [6.45, 7) is 6.79. The largest absolute Gasteiger partial charge is 0.348 e.